The molecule has 1 amide bonds. The van der Waals surface area contributed by atoms with Gasteiger partial charge in [-0.15, -0.1) is 0 Å². The van der Waals surface area contributed by atoms with Crippen molar-refractivity contribution in [1.82, 2.24) is 9.80 Å². The van der Waals surface area contributed by atoms with Crippen molar-refractivity contribution in [2.24, 2.45) is 11.8 Å². The van der Waals surface area contributed by atoms with Crippen LogP contribution in [0.4, 0.5) is 0 Å². The molecule has 1 N–H and O–H groups in total. The number of nitrogens with zero attached hydrogens (tertiary/aromatic N) is 2. The Labute approximate surface area is 328 Å². The first-order chi connectivity index (χ1) is 26.9. The van der Waals surface area contributed by atoms with E-state index in [1.54, 1.807) is 6.07 Å². The Balaban J connectivity index is 0.962. The van der Waals surface area contributed by atoms with Gasteiger partial charge in [0.1, 0.15) is 11.9 Å². The fourth-order valence-electron chi connectivity index (χ4n) is 11.1. The number of ether oxygens (including phenoxy) is 2. The van der Waals surface area contributed by atoms with Gasteiger partial charge in [-0.05, 0) is 100 Å². The average Bonchev–Trinajstić information content (AvgIpc) is 3.94. The number of likely N-dealkylation sites (tertiary alicyclic amines) is 1. The molecule has 0 radical (unpaired) electrons. The average molecular weight is 747 g/mol. The van der Waals surface area contributed by atoms with Crippen molar-refractivity contribution in [1.29, 1.82) is 0 Å². The van der Waals surface area contributed by atoms with E-state index < -0.39 is 5.97 Å². The number of rotatable bonds is 19. The molecule has 2 saturated carbocycles. The van der Waals surface area contributed by atoms with Crippen molar-refractivity contribution >= 4 is 11.9 Å². The van der Waals surface area contributed by atoms with Crippen molar-refractivity contribution in [2.45, 2.75) is 146 Å². The summed E-state index contributed by atoms with van der Waals surface area (Å²) >= 11 is 0. The number of aryl methyl sites for hydroxylation is 2. The number of carbonyl (C=O) groups excluding carboxylic acids is 2. The van der Waals surface area contributed by atoms with Gasteiger partial charge in [-0.25, -0.2) is 0 Å². The highest BCUT2D eigenvalue weighted by molar-refractivity contribution is 5.77. The van der Waals surface area contributed by atoms with Crippen LogP contribution in [0, 0.1) is 11.8 Å². The smallest absolute Gasteiger partial charge is 0.308 e. The fraction of sp³-hybridized carbons (Fsp3) is 0.583. The molecule has 3 fully saturated rings. The zero-order valence-electron chi connectivity index (χ0n) is 33.1. The minimum atomic E-state index is -0.423. The quantitative estimate of drug-likeness (QED) is 0.0749. The number of aromatic hydroxyl groups is 1. The van der Waals surface area contributed by atoms with Gasteiger partial charge in [-0.2, -0.15) is 0 Å². The predicted molar refractivity (Wildman–Crippen MR) is 217 cm³/mol. The number of phenols is 1. The van der Waals surface area contributed by atoms with Gasteiger partial charge in [-0.3, -0.25) is 14.5 Å². The number of esters is 1. The summed E-state index contributed by atoms with van der Waals surface area (Å²) in [5.41, 5.74) is 4.46. The van der Waals surface area contributed by atoms with Crippen LogP contribution in [0.3, 0.4) is 0 Å². The maximum absolute atomic E-state index is 14.5. The molecular formula is C48H62N2O5. The van der Waals surface area contributed by atoms with Gasteiger partial charge in [0.05, 0.1) is 6.04 Å². The fourth-order valence-corrected chi connectivity index (χ4v) is 11.1. The zero-order valence-corrected chi connectivity index (χ0v) is 33.1. The SMILES string of the molecule is CC(=O)Oc1cc(O)c2c3c1O[C@H]1[C@H](N(CCCc4ccccc4)C(=O)CCCCCCCCCCc4ccccc4)CC[C@H]4[C@@H](C2)N(CC2CC2)CC[C@@]341. The normalized spacial score (nSPS) is 24.9. The molecule has 0 unspecified atom stereocenters. The molecule has 7 heteroatoms. The Morgan fingerprint density at radius 3 is 2.18 bits per heavy atom. The molecule has 1 saturated heterocycles. The van der Waals surface area contributed by atoms with E-state index in [1.807, 2.05) is 0 Å². The number of piperidine rings is 1. The number of unbranched alkanes of at least 4 members (excludes halogenated alkanes) is 7. The van der Waals surface area contributed by atoms with E-state index in [9.17, 15) is 14.7 Å². The maximum atomic E-state index is 14.5. The standard InChI is InChI=1S/C48H62N2O5/c1-34(51)54-43-32-42(52)38-31-41-39-26-27-40(47-48(39,45(38)46(43)55-47)28-30-49(41)33-37-24-25-37)50(29-16-22-36-20-13-9-14-21-36)44(53)23-15-7-5-3-2-4-6-10-17-35-18-11-8-12-19-35/h8-9,11-14,18-21,32,37,39-41,47,52H,2-7,10,15-17,22-31,33H2,1H3/t39-,40+,41+,47-,48-/m0/s1. The Kier molecular flexibility index (Phi) is 11.8. The molecule has 8 rings (SSSR count). The number of hydrogen-bond acceptors (Lipinski definition) is 6. The van der Waals surface area contributed by atoms with E-state index in [-0.39, 0.29) is 29.2 Å². The van der Waals surface area contributed by atoms with Crippen LogP contribution in [0.5, 0.6) is 17.2 Å². The van der Waals surface area contributed by atoms with Crippen molar-refractivity contribution < 1.29 is 24.2 Å². The Hall–Kier alpha value is -3.84. The van der Waals surface area contributed by atoms with Gasteiger partial charge < -0.3 is 19.5 Å². The van der Waals surface area contributed by atoms with Crippen LogP contribution in [0.2, 0.25) is 0 Å². The highest BCUT2D eigenvalue weighted by Crippen LogP contribution is 2.66. The number of benzene rings is 3. The first kappa shape index (κ1) is 38.1. The van der Waals surface area contributed by atoms with Crippen LogP contribution in [0.25, 0.3) is 0 Å². The van der Waals surface area contributed by atoms with Crippen molar-refractivity contribution in [2.75, 3.05) is 19.6 Å². The summed E-state index contributed by atoms with van der Waals surface area (Å²) in [5.74, 6) is 2.16. The first-order valence-electron chi connectivity index (χ1n) is 21.8. The molecule has 294 valence electrons. The molecule has 2 heterocycles. The van der Waals surface area contributed by atoms with Crippen LogP contribution in [0.15, 0.2) is 66.7 Å². The van der Waals surface area contributed by atoms with Crippen molar-refractivity contribution in [3.63, 3.8) is 0 Å². The lowest BCUT2D eigenvalue weighted by Crippen LogP contribution is -2.69. The topological polar surface area (TPSA) is 79.3 Å². The summed E-state index contributed by atoms with van der Waals surface area (Å²) in [7, 11) is 0. The Bertz CT molecular complexity index is 1780. The lowest BCUT2D eigenvalue weighted by atomic mass is 9.50. The van der Waals surface area contributed by atoms with E-state index in [4.69, 9.17) is 9.47 Å². The number of amides is 1. The number of phenolic OH excluding ortho intramolecular Hbond substituents is 1. The van der Waals surface area contributed by atoms with E-state index in [0.717, 1.165) is 81.5 Å². The second kappa shape index (κ2) is 17.1. The maximum Gasteiger partial charge on any atom is 0.308 e. The molecule has 1 spiro atoms. The van der Waals surface area contributed by atoms with Crippen molar-refractivity contribution in [3.8, 4) is 17.2 Å². The summed E-state index contributed by atoms with van der Waals surface area (Å²) in [4.78, 5) is 31.8. The van der Waals surface area contributed by atoms with E-state index in [2.05, 4.69) is 70.5 Å². The predicted octanol–water partition coefficient (Wildman–Crippen LogP) is 9.35. The third-order valence-electron chi connectivity index (χ3n) is 13.8. The Morgan fingerprint density at radius 1 is 0.855 bits per heavy atom. The molecule has 5 aliphatic rings. The van der Waals surface area contributed by atoms with Crippen LogP contribution < -0.4 is 9.47 Å². The zero-order chi connectivity index (χ0) is 37.8. The molecule has 7 nitrogen and oxygen atoms in total. The first-order valence-corrected chi connectivity index (χ1v) is 21.8. The number of carbonyl (C=O) groups is 2. The van der Waals surface area contributed by atoms with Gasteiger partial charge in [0, 0.05) is 55.1 Å². The molecule has 2 bridgehead atoms. The van der Waals surface area contributed by atoms with Gasteiger partial charge in [-0.1, -0.05) is 99.2 Å². The summed E-state index contributed by atoms with van der Waals surface area (Å²) in [5, 5.41) is 11.5. The summed E-state index contributed by atoms with van der Waals surface area (Å²) in [6.07, 6.45) is 19.1. The molecular weight excluding hydrogens is 685 g/mol. The van der Waals surface area contributed by atoms with Gasteiger partial charge in [0.25, 0.3) is 0 Å². The lowest BCUT2D eigenvalue weighted by molar-refractivity contribution is -0.143. The van der Waals surface area contributed by atoms with Crippen molar-refractivity contribution in [3.05, 3.63) is 89.0 Å². The summed E-state index contributed by atoms with van der Waals surface area (Å²) in [6.45, 7) is 4.24. The minimum Gasteiger partial charge on any atom is -0.508 e. The van der Waals surface area contributed by atoms with E-state index in [1.165, 1.54) is 75.8 Å². The summed E-state index contributed by atoms with van der Waals surface area (Å²) < 4.78 is 12.9. The lowest BCUT2D eigenvalue weighted by Gasteiger charge is -2.60. The highest BCUT2D eigenvalue weighted by Gasteiger charge is 2.67. The highest BCUT2D eigenvalue weighted by atomic mass is 16.6. The second-order valence-corrected chi connectivity index (χ2v) is 17.5. The third-order valence-corrected chi connectivity index (χ3v) is 13.8. The molecule has 3 aliphatic carbocycles. The third kappa shape index (κ3) is 8.19. The minimum absolute atomic E-state index is 0.0725. The van der Waals surface area contributed by atoms with E-state index in [0.29, 0.717) is 36.4 Å². The van der Waals surface area contributed by atoms with Crippen LogP contribution in [-0.4, -0.2) is 64.6 Å². The largest absolute Gasteiger partial charge is 0.508 e. The van der Waals surface area contributed by atoms with Gasteiger partial charge >= 0.3 is 5.97 Å². The van der Waals surface area contributed by atoms with E-state index >= 15 is 0 Å². The molecule has 3 aromatic carbocycles. The molecule has 2 aliphatic heterocycles. The Morgan fingerprint density at radius 2 is 1.51 bits per heavy atom. The van der Waals surface area contributed by atoms with Crippen LogP contribution >= 0.6 is 0 Å². The second-order valence-electron chi connectivity index (χ2n) is 17.5. The molecule has 5 atom stereocenters. The summed E-state index contributed by atoms with van der Waals surface area (Å²) in [6, 6.07) is 23.3. The molecule has 55 heavy (non-hydrogen) atoms. The molecule has 3 aromatic rings. The van der Waals surface area contributed by atoms with Crippen LogP contribution in [0.1, 0.15) is 125 Å². The number of hydrogen-bond donors (Lipinski definition) is 1. The monoisotopic (exact) mass is 746 g/mol. The van der Waals surface area contributed by atoms with Gasteiger partial charge in [0.2, 0.25) is 5.91 Å². The van der Waals surface area contributed by atoms with Crippen LogP contribution in [-0.2, 0) is 34.3 Å². The molecule has 0 aromatic heterocycles. The van der Waals surface area contributed by atoms with Gasteiger partial charge in [0.15, 0.2) is 11.5 Å².